The van der Waals surface area contributed by atoms with Crippen LogP contribution in [0.2, 0.25) is 0 Å². The Morgan fingerprint density at radius 3 is 2.32 bits per heavy atom. The minimum absolute atomic E-state index is 0.622. The van der Waals surface area contributed by atoms with E-state index in [0.717, 1.165) is 25.3 Å². The van der Waals surface area contributed by atoms with E-state index in [1.165, 1.54) is 23.1 Å². The predicted molar refractivity (Wildman–Crippen MR) is 79.9 cm³/mol. The van der Waals surface area contributed by atoms with Gasteiger partial charge in [-0.25, -0.2) is 0 Å². The van der Waals surface area contributed by atoms with E-state index in [9.17, 15) is 0 Å². The molecule has 0 saturated heterocycles. The molecule has 108 valence electrons. The van der Waals surface area contributed by atoms with E-state index in [0.29, 0.717) is 13.2 Å². The van der Waals surface area contributed by atoms with E-state index in [4.69, 9.17) is 9.47 Å². The molecule has 0 aliphatic heterocycles. The minimum Gasteiger partial charge on any atom is -0.491 e. The molecule has 0 aliphatic carbocycles. The van der Waals surface area contributed by atoms with Crippen molar-refractivity contribution in [3.8, 4) is 5.75 Å². The van der Waals surface area contributed by atoms with Gasteiger partial charge in [0.15, 0.2) is 0 Å². The van der Waals surface area contributed by atoms with Gasteiger partial charge in [0.2, 0.25) is 0 Å². The maximum atomic E-state index is 5.84. The van der Waals surface area contributed by atoms with Gasteiger partial charge >= 0.3 is 0 Å². The second kappa shape index (κ2) is 8.94. The van der Waals surface area contributed by atoms with Crippen LogP contribution in [0.4, 0.5) is 0 Å². The largest absolute Gasteiger partial charge is 0.491 e. The number of rotatable bonds is 9. The van der Waals surface area contributed by atoms with Crippen LogP contribution in [0, 0.1) is 13.8 Å². The van der Waals surface area contributed by atoms with Crippen LogP contribution in [0.15, 0.2) is 12.1 Å². The maximum absolute atomic E-state index is 5.84. The lowest BCUT2D eigenvalue weighted by molar-refractivity contribution is 0.0976. The molecule has 3 heteroatoms. The standard InChI is InChI=1S/C16H27NO2/c1-5-6-7-18-8-9-19-16-13(2)10-15(12-17-4)11-14(16)3/h10-11,17H,5-9,12H2,1-4H3. The molecule has 0 fully saturated rings. The van der Waals surface area contributed by atoms with Crippen molar-refractivity contribution in [1.29, 1.82) is 0 Å². The summed E-state index contributed by atoms with van der Waals surface area (Å²) in [5.74, 6) is 0.999. The zero-order valence-corrected chi connectivity index (χ0v) is 12.7. The highest BCUT2D eigenvalue weighted by Crippen LogP contribution is 2.24. The van der Waals surface area contributed by atoms with Crippen molar-refractivity contribution in [3.63, 3.8) is 0 Å². The average molecular weight is 265 g/mol. The Hall–Kier alpha value is -1.06. The summed E-state index contributed by atoms with van der Waals surface area (Å²) in [5.41, 5.74) is 3.68. The number of hydrogen-bond acceptors (Lipinski definition) is 3. The summed E-state index contributed by atoms with van der Waals surface area (Å²) in [5, 5.41) is 3.17. The fourth-order valence-corrected chi connectivity index (χ4v) is 2.12. The third kappa shape index (κ3) is 5.62. The van der Waals surface area contributed by atoms with E-state index < -0.39 is 0 Å². The lowest BCUT2D eigenvalue weighted by Gasteiger charge is -2.14. The zero-order valence-electron chi connectivity index (χ0n) is 12.7. The molecule has 0 atom stereocenters. The average Bonchev–Trinajstić information content (AvgIpc) is 2.36. The number of benzene rings is 1. The second-order valence-electron chi connectivity index (χ2n) is 4.90. The van der Waals surface area contributed by atoms with Gasteiger partial charge < -0.3 is 14.8 Å². The van der Waals surface area contributed by atoms with Gasteiger partial charge in [0.1, 0.15) is 12.4 Å². The molecule has 0 saturated carbocycles. The van der Waals surface area contributed by atoms with Gasteiger partial charge in [0.05, 0.1) is 6.61 Å². The van der Waals surface area contributed by atoms with Gasteiger partial charge in [-0.1, -0.05) is 25.5 Å². The molecule has 1 aromatic rings. The first-order chi connectivity index (χ1) is 9.19. The Balaban J connectivity index is 2.45. The van der Waals surface area contributed by atoms with Crippen LogP contribution in [-0.2, 0) is 11.3 Å². The van der Waals surface area contributed by atoms with Gasteiger partial charge in [-0.2, -0.15) is 0 Å². The Bertz CT molecular complexity index is 354. The summed E-state index contributed by atoms with van der Waals surface area (Å²) in [6, 6.07) is 4.35. The van der Waals surface area contributed by atoms with Gasteiger partial charge in [-0.3, -0.25) is 0 Å². The van der Waals surface area contributed by atoms with Crippen LogP contribution in [0.5, 0.6) is 5.75 Å². The fraction of sp³-hybridized carbons (Fsp3) is 0.625. The van der Waals surface area contributed by atoms with Crippen molar-refractivity contribution in [1.82, 2.24) is 5.32 Å². The molecule has 3 nitrogen and oxygen atoms in total. The van der Waals surface area contributed by atoms with Gasteiger partial charge in [-0.15, -0.1) is 0 Å². The molecule has 0 radical (unpaired) electrons. The van der Waals surface area contributed by atoms with Gasteiger partial charge in [-0.05, 0) is 44.0 Å². The van der Waals surface area contributed by atoms with Crippen molar-refractivity contribution < 1.29 is 9.47 Å². The number of unbranched alkanes of at least 4 members (excludes halogenated alkanes) is 1. The number of aryl methyl sites for hydroxylation is 2. The van der Waals surface area contributed by atoms with Crippen LogP contribution in [0.1, 0.15) is 36.5 Å². The molecule has 1 N–H and O–H groups in total. The third-order valence-corrected chi connectivity index (χ3v) is 3.02. The van der Waals surface area contributed by atoms with E-state index in [2.05, 4.69) is 38.2 Å². The first-order valence-electron chi connectivity index (χ1n) is 7.14. The van der Waals surface area contributed by atoms with Gasteiger partial charge in [0.25, 0.3) is 0 Å². The molecule has 0 aliphatic rings. The van der Waals surface area contributed by atoms with Crippen molar-refractivity contribution in [3.05, 3.63) is 28.8 Å². The quantitative estimate of drug-likeness (QED) is 0.695. The highest BCUT2D eigenvalue weighted by Gasteiger charge is 2.06. The molecular weight excluding hydrogens is 238 g/mol. The van der Waals surface area contributed by atoms with Crippen LogP contribution in [0.3, 0.4) is 0 Å². The topological polar surface area (TPSA) is 30.5 Å². The van der Waals surface area contributed by atoms with Crippen molar-refractivity contribution in [2.75, 3.05) is 26.9 Å². The van der Waals surface area contributed by atoms with E-state index in [1.807, 2.05) is 7.05 Å². The molecule has 1 aromatic carbocycles. The number of nitrogens with one attached hydrogen (secondary N) is 1. The van der Waals surface area contributed by atoms with Gasteiger partial charge in [0, 0.05) is 13.2 Å². The second-order valence-corrected chi connectivity index (χ2v) is 4.90. The van der Waals surface area contributed by atoms with Crippen LogP contribution in [-0.4, -0.2) is 26.9 Å². The van der Waals surface area contributed by atoms with Crippen LogP contribution < -0.4 is 10.1 Å². The summed E-state index contributed by atoms with van der Waals surface area (Å²) in [4.78, 5) is 0. The highest BCUT2D eigenvalue weighted by molar-refractivity contribution is 5.43. The molecule has 0 aromatic heterocycles. The Morgan fingerprint density at radius 1 is 1.05 bits per heavy atom. The number of ether oxygens (including phenoxy) is 2. The molecule has 0 spiro atoms. The summed E-state index contributed by atoms with van der Waals surface area (Å²) in [7, 11) is 1.96. The Kier molecular flexibility index (Phi) is 7.53. The summed E-state index contributed by atoms with van der Waals surface area (Å²) in [6.45, 7) is 9.37. The fourth-order valence-electron chi connectivity index (χ4n) is 2.12. The molecule has 0 bridgehead atoms. The molecule has 0 heterocycles. The molecule has 19 heavy (non-hydrogen) atoms. The smallest absolute Gasteiger partial charge is 0.125 e. The maximum Gasteiger partial charge on any atom is 0.125 e. The summed E-state index contributed by atoms with van der Waals surface area (Å²) >= 11 is 0. The van der Waals surface area contributed by atoms with Crippen molar-refractivity contribution >= 4 is 0 Å². The third-order valence-electron chi connectivity index (χ3n) is 3.02. The lowest BCUT2D eigenvalue weighted by Crippen LogP contribution is -2.10. The summed E-state index contributed by atoms with van der Waals surface area (Å²) in [6.07, 6.45) is 2.29. The van der Waals surface area contributed by atoms with Crippen LogP contribution >= 0.6 is 0 Å². The predicted octanol–water partition coefficient (Wildman–Crippen LogP) is 3.22. The summed E-state index contributed by atoms with van der Waals surface area (Å²) < 4.78 is 11.3. The van der Waals surface area contributed by atoms with E-state index in [1.54, 1.807) is 0 Å². The normalized spacial score (nSPS) is 10.7. The Labute approximate surface area is 117 Å². The van der Waals surface area contributed by atoms with Crippen molar-refractivity contribution in [2.24, 2.45) is 0 Å². The first kappa shape index (κ1) is 16.0. The minimum atomic E-state index is 0.622. The Morgan fingerprint density at radius 2 is 1.74 bits per heavy atom. The monoisotopic (exact) mass is 265 g/mol. The molecule has 0 unspecified atom stereocenters. The van der Waals surface area contributed by atoms with Crippen LogP contribution in [0.25, 0.3) is 0 Å². The van der Waals surface area contributed by atoms with Crippen molar-refractivity contribution in [2.45, 2.75) is 40.2 Å². The molecule has 1 rings (SSSR count). The molecule has 0 amide bonds. The highest BCUT2D eigenvalue weighted by atomic mass is 16.5. The first-order valence-corrected chi connectivity index (χ1v) is 7.14. The zero-order chi connectivity index (χ0) is 14.1. The number of hydrogen-bond donors (Lipinski definition) is 1. The van der Waals surface area contributed by atoms with E-state index >= 15 is 0 Å². The molecular formula is C16H27NO2. The SMILES string of the molecule is CCCCOCCOc1c(C)cc(CNC)cc1C. The lowest BCUT2D eigenvalue weighted by atomic mass is 10.1. The van der Waals surface area contributed by atoms with E-state index in [-0.39, 0.29) is 0 Å².